The number of benzene rings is 1. The lowest BCUT2D eigenvalue weighted by atomic mass is 10.2. The molecule has 7 heteroatoms. The van der Waals surface area contributed by atoms with Crippen molar-refractivity contribution >= 4 is 27.6 Å². The number of para-hydroxylation sites is 1. The van der Waals surface area contributed by atoms with E-state index in [0.717, 1.165) is 15.9 Å². The van der Waals surface area contributed by atoms with E-state index in [1.807, 2.05) is 13.8 Å². The summed E-state index contributed by atoms with van der Waals surface area (Å²) in [6, 6.07) is 4.66. The molecule has 21 heavy (non-hydrogen) atoms. The zero-order valence-electron chi connectivity index (χ0n) is 11.8. The van der Waals surface area contributed by atoms with Gasteiger partial charge in [-0.05, 0) is 41.9 Å². The number of nitrogen functional groups attached to an aromatic ring is 1. The van der Waals surface area contributed by atoms with E-state index in [2.05, 4.69) is 21.0 Å². The van der Waals surface area contributed by atoms with Gasteiger partial charge in [0.25, 0.3) is 0 Å². The van der Waals surface area contributed by atoms with Gasteiger partial charge in [-0.15, -0.1) is 0 Å². The highest BCUT2D eigenvalue weighted by atomic mass is 79.9. The minimum Gasteiger partial charge on any atom is -0.484 e. The van der Waals surface area contributed by atoms with Crippen LogP contribution in [0, 0.1) is 6.92 Å². The van der Waals surface area contributed by atoms with Crippen molar-refractivity contribution in [2.45, 2.75) is 27.0 Å². The Morgan fingerprint density at radius 3 is 2.86 bits per heavy atom. The molecule has 0 spiro atoms. The van der Waals surface area contributed by atoms with E-state index >= 15 is 0 Å². The molecule has 1 heterocycles. The SMILES string of the molecule is CCn1nc(C)c(Br)c1COc1c(N)cccc1C(=O)O. The average Bonchev–Trinajstić information content (AvgIpc) is 2.72. The highest BCUT2D eigenvalue weighted by Gasteiger charge is 2.17. The molecule has 0 amide bonds. The van der Waals surface area contributed by atoms with Gasteiger partial charge in [-0.25, -0.2) is 4.79 Å². The third-order valence-electron chi connectivity index (χ3n) is 3.08. The van der Waals surface area contributed by atoms with Crippen molar-refractivity contribution in [3.05, 3.63) is 39.6 Å². The molecule has 0 fully saturated rings. The molecular weight excluding hydrogens is 338 g/mol. The number of aromatic carboxylic acids is 1. The van der Waals surface area contributed by atoms with E-state index in [9.17, 15) is 9.90 Å². The molecule has 1 aromatic carbocycles. The van der Waals surface area contributed by atoms with Gasteiger partial charge in [0.2, 0.25) is 0 Å². The number of nitrogens with zero attached hydrogens (tertiary/aromatic N) is 2. The average molecular weight is 354 g/mol. The fraction of sp³-hybridized carbons (Fsp3) is 0.286. The van der Waals surface area contributed by atoms with Crippen molar-refractivity contribution in [3.63, 3.8) is 0 Å². The lowest BCUT2D eigenvalue weighted by Gasteiger charge is -2.12. The van der Waals surface area contributed by atoms with Crippen LogP contribution in [0.4, 0.5) is 5.69 Å². The van der Waals surface area contributed by atoms with Gasteiger partial charge < -0.3 is 15.6 Å². The normalized spacial score (nSPS) is 10.6. The van der Waals surface area contributed by atoms with Crippen LogP contribution < -0.4 is 10.5 Å². The van der Waals surface area contributed by atoms with Gasteiger partial charge in [-0.3, -0.25) is 4.68 Å². The molecule has 0 saturated heterocycles. The number of ether oxygens (including phenoxy) is 1. The van der Waals surface area contributed by atoms with Crippen molar-refractivity contribution in [2.24, 2.45) is 0 Å². The zero-order valence-corrected chi connectivity index (χ0v) is 13.3. The predicted octanol–water partition coefficient (Wildman–Crippen LogP) is 2.83. The van der Waals surface area contributed by atoms with Crippen molar-refractivity contribution < 1.29 is 14.6 Å². The van der Waals surface area contributed by atoms with E-state index in [4.69, 9.17) is 10.5 Å². The molecule has 2 rings (SSSR count). The summed E-state index contributed by atoms with van der Waals surface area (Å²) in [5.41, 5.74) is 7.86. The largest absolute Gasteiger partial charge is 0.484 e. The molecule has 0 radical (unpaired) electrons. The summed E-state index contributed by atoms with van der Waals surface area (Å²) in [5.74, 6) is -0.894. The highest BCUT2D eigenvalue weighted by molar-refractivity contribution is 9.10. The van der Waals surface area contributed by atoms with Gasteiger partial charge in [-0.1, -0.05) is 6.07 Å². The standard InChI is InChI=1S/C14H16BrN3O3/c1-3-18-11(12(15)8(2)17-18)7-21-13-9(14(19)20)5-4-6-10(13)16/h4-6H,3,7,16H2,1-2H3,(H,19,20). The first-order chi connectivity index (χ1) is 9.95. The summed E-state index contributed by atoms with van der Waals surface area (Å²) in [5, 5.41) is 13.5. The van der Waals surface area contributed by atoms with Crippen molar-refractivity contribution in [1.29, 1.82) is 0 Å². The number of aryl methyl sites for hydroxylation is 2. The maximum absolute atomic E-state index is 11.2. The smallest absolute Gasteiger partial charge is 0.339 e. The van der Waals surface area contributed by atoms with Crippen LogP contribution in [-0.2, 0) is 13.2 Å². The Bertz CT molecular complexity index is 682. The second kappa shape index (κ2) is 6.17. The number of anilines is 1. The van der Waals surface area contributed by atoms with E-state index in [1.54, 1.807) is 16.8 Å². The fourth-order valence-electron chi connectivity index (χ4n) is 2.03. The molecule has 3 N–H and O–H groups in total. The molecule has 0 saturated carbocycles. The van der Waals surface area contributed by atoms with Gasteiger partial charge in [0.15, 0.2) is 5.75 Å². The van der Waals surface area contributed by atoms with E-state index in [0.29, 0.717) is 12.2 Å². The van der Waals surface area contributed by atoms with E-state index < -0.39 is 5.97 Å². The van der Waals surface area contributed by atoms with Gasteiger partial charge >= 0.3 is 5.97 Å². The molecular formula is C14H16BrN3O3. The van der Waals surface area contributed by atoms with E-state index in [-0.39, 0.29) is 17.9 Å². The lowest BCUT2D eigenvalue weighted by molar-refractivity contribution is 0.0691. The number of nitrogens with two attached hydrogens (primary N) is 1. The summed E-state index contributed by atoms with van der Waals surface area (Å²) in [6.07, 6.45) is 0. The van der Waals surface area contributed by atoms with Crippen LogP contribution in [0.15, 0.2) is 22.7 Å². The Morgan fingerprint density at radius 2 is 2.24 bits per heavy atom. The monoisotopic (exact) mass is 353 g/mol. The Morgan fingerprint density at radius 1 is 1.52 bits per heavy atom. The van der Waals surface area contributed by atoms with Crippen molar-refractivity contribution in [2.75, 3.05) is 5.73 Å². The second-order valence-electron chi connectivity index (χ2n) is 4.48. The lowest BCUT2D eigenvalue weighted by Crippen LogP contribution is -2.10. The van der Waals surface area contributed by atoms with Crippen LogP contribution in [0.5, 0.6) is 5.75 Å². The van der Waals surface area contributed by atoms with Crippen molar-refractivity contribution in [3.8, 4) is 5.75 Å². The summed E-state index contributed by atoms with van der Waals surface area (Å²) in [7, 11) is 0. The molecule has 0 aliphatic carbocycles. The van der Waals surface area contributed by atoms with E-state index in [1.165, 1.54) is 6.07 Å². The number of carbonyl (C=O) groups is 1. The molecule has 1 aromatic heterocycles. The molecule has 0 unspecified atom stereocenters. The number of carboxylic acid groups (broad SMARTS) is 1. The Hall–Kier alpha value is -2.02. The number of hydrogen-bond donors (Lipinski definition) is 2. The maximum Gasteiger partial charge on any atom is 0.339 e. The first kappa shape index (κ1) is 15.4. The first-order valence-corrected chi connectivity index (χ1v) is 7.21. The number of carboxylic acids is 1. The van der Waals surface area contributed by atoms with Crippen LogP contribution in [0.25, 0.3) is 0 Å². The number of halogens is 1. The number of aromatic nitrogens is 2. The van der Waals surface area contributed by atoms with Crippen LogP contribution in [0.1, 0.15) is 28.7 Å². The summed E-state index contributed by atoms with van der Waals surface area (Å²) >= 11 is 3.47. The summed E-state index contributed by atoms with van der Waals surface area (Å²) in [4.78, 5) is 11.2. The molecule has 112 valence electrons. The van der Waals surface area contributed by atoms with Gasteiger partial charge in [-0.2, -0.15) is 5.10 Å². The summed E-state index contributed by atoms with van der Waals surface area (Å²) in [6.45, 7) is 4.74. The molecule has 0 atom stereocenters. The van der Waals surface area contributed by atoms with Gasteiger partial charge in [0, 0.05) is 6.54 Å². The third kappa shape index (κ3) is 3.02. The molecule has 0 aliphatic heterocycles. The minimum atomic E-state index is -1.07. The van der Waals surface area contributed by atoms with Crippen LogP contribution in [-0.4, -0.2) is 20.9 Å². The van der Waals surface area contributed by atoms with Crippen LogP contribution in [0.2, 0.25) is 0 Å². The summed E-state index contributed by atoms with van der Waals surface area (Å²) < 4.78 is 8.32. The van der Waals surface area contributed by atoms with Crippen LogP contribution >= 0.6 is 15.9 Å². The zero-order chi connectivity index (χ0) is 15.6. The van der Waals surface area contributed by atoms with Gasteiger partial charge in [0.05, 0.1) is 21.5 Å². The molecule has 0 bridgehead atoms. The maximum atomic E-state index is 11.2. The third-order valence-corrected chi connectivity index (χ3v) is 4.11. The Labute approximate surface area is 130 Å². The molecule has 0 aliphatic rings. The number of rotatable bonds is 5. The quantitative estimate of drug-likeness (QED) is 0.806. The number of hydrogen-bond acceptors (Lipinski definition) is 4. The topological polar surface area (TPSA) is 90.4 Å². The van der Waals surface area contributed by atoms with Crippen LogP contribution in [0.3, 0.4) is 0 Å². The predicted molar refractivity (Wildman–Crippen MR) is 82.5 cm³/mol. The van der Waals surface area contributed by atoms with Gasteiger partial charge in [0.1, 0.15) is 12.2 Å². The molecule has 2 aromatic rings. The fourth-order valence-corrected chi connectivity index (χ4v) is 2.43. The first-order valence-electron chi connectivity index (χ1n) is 6.42. The van der Waals surface area contributed by atoms with Crippen molar-refractivity contribution in [1.82, 2.24) is 9.78 Å². The molecule has 6 nitrogen and oxygen atoms in total. The minimum absolute atomic E-state index is 0.0467. The Kier molecular flexibility index (Phi) is 4.52. The second-order valence-corrected chi connectivity index (χ2v) is 5.27. The Balaban J connectivity index is 2.31. The highest BCUT2D eigenvalue weighted by Crippen LogP contribution is 2.29.